The Morgan fingerprint density at radius 2 is 2.18 bits per heavy atom. The Morgan fingerprint density at radius 1 is 1.41 bits per heavy atom. The molecule has 0 saturated carbocycles. The van der Waals surface area contributed by atoms with Crippen molar-refractivity contribution >= 4 is 11.8 Å². The molecular weight excluding hydrogens is 216 g/mol. The highest BCUT2D eigenvalue weighted by atomic mass is 16.9. The molecule has 0 spiro atoms. The van der Waals surface area contributed by atoms with Crippen LogP contribution in [0.15, 0.2) is 30.3 Å². The third kappa shape index (κ3) is 1.19. The lowest BCUT2D eigenvalue weighted by Gasteiger charge is -2.25. The van der Waals surface area contributed by atoms with E-state index in [4.69, 9.17) is 4.84 Å². The minimum Gasteiger partial charge on any atom is -0.380 e. The molecule has 0 amide bonds. The van der Waals surface area contributed by atoms with E-state index in [0.29, 0.717) is 10.6 Å². The number of allylic oxidation sites excluding steroid dienone is 1. The van der Waals surface area contributed by atoms with Gasteiger partial charge in [0.15, 0.2) is 5.60 Å². The number of fused-ring (bicyclic) bond motifs is 3. The van der Waals surface area contributed by atoms with E-state index in [1.54, 1.807) is 13.0 Å². The van der Waals surface area contributed by atoms with Crippen molar-refractivity contribution in [3.05, 3.63) is 46.7 Å². The zero-order chi connectivity index (χ0) is 12.0. The minimum absolute atomic E-state index is 0.314. The maximum Gasteiger partial charge on any atom is 0.255 e. The fourth-order valence-corrected chi connectivity index (χ4v) is 2.46. The predicted octanol–water partition coefficient (Wildman–Crippen LogP) is 1.98. The Morgan fingerprint density at radius 3 is 2.94 bits per heavy atom. The molecule has 84 valence electrons. The van der Waals surface area contributed by atoms with Crippen LogP contribution in [0.5, 0.6) is 0 Å². The Hall–Kier alpha value is -2.28. The predicted molar refractivity (Wildman–Crippen MR) is 62.0 cm³/mol. The summed E-state index contributed by atoms with van der Waals surface area (Å²) in [5.41, 5.74) is 1.36. The first-order valence-electron chi connectivity index (χ1n) is 5.37. The summed E-state index contributed by atoms with van der Waals surface area (Å²) in [6.45, 7) is 1.64. The average molecular weight is 226 g/mol. The van der Waals surface area contributed by atoms with Gasteiger partial charge in [-0.3, -0.25) is 5.21 Å². The zero-order valence-corrected chi connectivity index (χ0v) is 9.25. The fraction of sp³-hybridized carbons (Fsp3) is 0.231. The van der Waals surface area contributed by atoms with Crippen LogP contribution in [0.3, 0.4) is 0 Å². The summed E-state index contributed by atoms with van der Waals surface area (Å²) in [6.07, 6.45) is 3.60. The van der Waals surface area contributed by atoms with Gasteiger partial charge in [-0.15, -0.1) is 0 Å². The monoisotopic (exact) mass is 226 g/mol. The van der Waals surface area contributed by atoms with Crippen LogP contribution in [0, 0.1) is 16.5 Å². The van der Waals surface area contributed by atoms with Crippen LogP contribution in [0.25, 0.3) is 6.08 Å². The molecule has 1 aromatic rings. The summed E-state index contributed by atoms with van der Waals surface area (Å²) >= 11 is 0. The van der Waals surface area contributed by atoms with Gasteiger partial charge in [-0.2, -0.15) is 5.26 Å². The number of nitriles is 1. The first kappa shape index (κ1) is 9.91. The summed E-state index contributed by atoms with van der Waals surface area (Å²) < 4.78 is 0. The number of hydrogen-bond donors (Lipinski definition) is 0. The van der Waals surface area contributed by atoms with Gasteiger partial charge in [0.05, 0.1) is 6.07 Å². The molecule has 0 radical (unpaired) electrons. The molecule has 1 aliphatic heterocycles. The standard InChI is InChI=1S/C13H10N2O2/c1-13(8-14)12-10-5-3-2-4-9(10)6-7-11(12)15(16)17-13/h2-7,12H,1H3. The number of benzene rings is 1. The van der Waals surface area contributed by atoms with Crippen LogP contribution >= 0.6 is 0 Å². The Labute approximate surface area is 98.6 Å². The maximum absolute atomic E-state index is 11.6. The third-order valence-corrected chi connectivity index (χ3v) is 3.29. The summed E-state index contributed by atoms with van der Waals surface area (Å²) in [6, 6.07) is 9.83. The van der Waals surface area contributed by atoms with E-state index in [1.807, 2.05) is 30.3 Å². The number of rotatable bonds is 0. The van der Waals surface area contributed by atoms with Crippen LogP contribution in [0.1, 0.15) is 24.0 Å². The van der Waals surface area contributed by atoms with Gasteiger partial charge in [0.25, 0.3) is 5.71 Å². The molecule has 1 aromatic carbocycles. The van der Waals surface area contributed by atoms with Crippen LogP contribution in [-0.2, 0) is 4.84 Å². The van der Waals surface area contributed by atoms with Crippen LogP contribution < -0.4 is 0 Å². The maximum atomic E-state index is 11.6. The van der Waals surface area contributed by atoms with E-state index in [1.165, 1.54) is 0 Å². The van der Waals surface area contributed by atoms with E-state index < -0.39 is 5.60 Å². The van der Waals surface area contributed by atoms with Gasteiger partial charge < -0.3 is 4.84 Å². The van der Waals surface area contributed by atoms with Gasteiger partial charge >= 0.3 is 0 Å². The molecule has 2 unspecified atom stereocenters. The highest BCUT2D eigenvalue weighted by molar-refractivity contribution is 6.04. The summed E-state index contributed by atoms with van der Waals surface area (Å²) in [5, 5.41) is 20.9. The first-order valence-corrected chi connectivity index (χ1v) is 5.37. The molecule has 2 aliphatic rings. The van der Waals surface area contributed by atoms with Crippen molar-refractivity contribution < 1.29 is 9.74 Å². The Bertz CT molecular complexity index is 598. The molecule has 17 heavy (non-hydrogen) atoms. The molecule has 1 heterocycles. The summed E-state index contributed by atoms with van der Waals surface area (Å²) in [5.74, 6) is -0.314. The van der Waals surface area contributed by atoms with Crippen molar-refractivity contribution in [1.82, 2.24) is 0 Å². The van der Waals surface area contributed by atoms with E-state index in [-0.39, 0.29) is 5.92 Å². The lowest BCUT2D eigenvalue weighted by atomic mass is 9.77. The second kappa shape index (κ2) is 3.11. The van der Waals surface area contributed by atoms with E-state index in [0.717, 1.165) is 11.1 Å². The van der Waals surface area contributed by atoms with Crippen molar-refractivity contribution in [2.45, 2.75) is 18.4 Å². The van der Waals surface area contributed by atoms with Crippen molar-refractivity contribution in [1.29, 1.82) is 5.26 Å². The number of hydrogen-bond acceptors (Lipinski definition) is 3. The highest BCUT2D eigenvalue weighted by Crippen LogP contribution is 2.41. The average Bonchev–Trinajstić information content (AvgIpc) is 2.62. The van der Waals surface area contributed by atoms with Gasteiger partial charge in [0.2, 0.25) is 0 Å². The topological polar surface area (TPSA) is 59.1 Å². The molecular formula is C13H10N2O2. The van der Waals surface area contributed by atoms with Crippen molar-refractivity contribution in [2.24, 2.45) is 0 Å². The SMILES string of the molecule is CC1(C#N)O[N+]([O-])=C2C=Cc3ccccc3C21. The molecule has 2 atom stereocenters. The highest BCUT2D eigenvalue weighted by Gasteiger charge is 2.50. The third-order valence-electron chi connectivity index (χ3n) is 3.29. The molecule has 4 heteroatoms. The number of nitrogens with zero attached hydrogens (tertiary/aromatic N) is 2. The molecule has 0 aromatic heterocycles. The zero-order valence-electron chi connectivity index (χ0n) is 9.25. The minimum atomic E-state index is -1.13. The van der Waals surface area contributed by atoms with Crippen LogP contribution in [-0.4, -0.2) is 16.2 Å². The molecule has 3 rings (SSSR count). The molecule has 0 N–H and O–H groups in total. The largest absolute Gasteiger partial charge is 0.380 e. The molecule has 1 aliphatic carbocycles. The van der Waals surface area contributed by atoms with Crippen molar-refractivity contribution in [2.75, 3.05) is 0 Å². The quantitative estimate of drug-likeness (QED) is 0.635. The van der Waals surface area contributed by atoms with Crippen molar-refractivity contribution in [3.8, 4) is 6.07 Å². The second-order valence-electron chi connectivity index (χ2n) is 4.39. The fourth-order valence-electron chi connectivity index (χ4n) is 2.46. The van der Waals surface area contributed by atoms with Gasteiger partial charge in [0.1, 0.15) is 5.92 Å². The van der Waals surface area contributed by atoms with Crippen LogP contribution in [0.2, 0.25) is 0 Å². The van der Waals surface area contributed by atoms with E-state index in [9.17, 15) is 10.5 Å². The molecule has 4 nitrogen and oxygen atoms in total. The molecule has 0 bridgehead atoms. The van der Waals surface area contributed by atoms with Gasteiger partial charge in [-0.25, -0.2) is 0 Å². The molecule has 0 fully saturated rings. The second-order valence-corrected chi connectivity index (χ2v) is 4.39. The van der Waals surface area contributed by atoms with E-state index in [2.05, 4.69) is 6.07 Å². The lowest BCUT2D eigenvalue weighted by Crippen LogP contribution is -2.33. The summed E-state index contributed by atoms with van der Waals surface area (Å²) in [4.78, 5) is 5.59. The lowest BCUT2D eigenvalue weighted by molar-refractivity contribution is -0.747. The smallest absolute Gasteiger partial charge is 0.255 e. The first-order chi connectivity index (χ1) is 8.15. The van der Waals surface area contributed by atoms with Gasteiger partial charge in [-0.05, 0) is 24.1 Å². The Balaban J connectivity index is 2.25. The van der Waals surface area contributed by atoms with Crippen molar-refractivity contribution in [3.63, 3.8) is 0 Å². The Kier molecular flexibility index (Phi) is 1.81. The molecule has 0 saturated heterocycles. The normalized spacial score (nSPS) is 29.3. The van der Waals surface area contributed by atoms with E-state index >= 15 is 0 Å². The van der Waals surface area contributed by atoms with Gasteiger partial charge in [0, 0.05) is 11.0 Å². The summed E-state index contributed by atoms with van der Waals surface area (Å²) in [7, 11) is 0. The van der Waals surface area contributed by atoms with Crippen LogP contribution in [0.4, 0.5) is 0 Å². The van der Waals surface area contributed by atoms with Gasteiger partial charge in [-0.1, -0.05) is 24.3 Å².